The lowest BCUT2D eigenvalue weighted by Gasteiger charge is -2.18. The number of aromatic nitrogens is 3. The summed E-state index contributed by atoms with van der Waals surface area (Å²) in [5.41, 5.74) is 2.50. The van der Waals surface area contributed by atoms with Crippen LogP contribution in [0.2, 0.25) is 5.02 Å². The van der Waals surface area contributed by atoms with Crippen molar-refractivity contribution in [2.75, 3.05) is 18.2 Å². The fraction of sp³-hybridized carbons (Fsp3) is 0.192. The van der Waals surface area contributed by atoms with E-state index in [2.05, 4.69) is 15.5 Å². The summed E-state index contributed by atoms with van der Waals surface area (Å²) in [5.74, 6) is 1.86. The van der Waals surface area contributed by atoms with E-state index in [-0.39, 0.29) is 11.7 Å². The highest BCUT2D eigenvalue weighted by molar-refractivity contribution is 7.99. The molecule has 0 saturated carbocycles. The number of aryl methyl sites for hydroxylation is 1. The van der Waals surface area contributed by atoms with Gasteiger partial charge < -0.3 is 14.8 Å². The third-order valence-corrected chi connectivity index (χ3v) is 6.37. The largest absolute Gasteiger partial charge is 0.493 e. The van der Waals surface area contributed by atoms with E-state index >= 15 is 0 Å². The maximum Gasteiger partial charge on any atom is 0.234 e. The Morgan fingerprint density at radius 1 is 1.06 bits per heavy atom. The molecule has 4 aromatic rings. The second-order valence-corrected chi connectivity index (χ2v) is 9.10. The summed E-state index contributed by atoms with van der Waals surface area (Å²) in [6, 6.07) is 22.5. The monoisotopic (exact) mass is 508 g/mol. The van der Waals surface area contributed by atoms with E-state index in [1.54, 1.807) is 19.2 Å². The Morgan fingerprint density at radius 2 is 1.77 bits per heavy atom. The van der Waals surface area contributed by atoms with Crippen LogP contribution in [0.4, 0.5) is 5.69 Å². The summed E-state index contributed by atoms with van der Waals surface area (Å²) in [4.78, 5) is 12.7. The zero-order valence-electron chi connectivity index (χ0n) is 19.6. The number of rotatable bonds is 9. The summed E-state index contributed by atoms with van der Waals surface area (Å²) in [7, 11) is 1.60. The number of anilines is 1. The van der Waals surface area contributed by atoms with Crippen LogP contribution in [0, 0.1) is 6.92 Å². The van der Waals surface area contributed by atoms with Gasteiger partial charge in [0.2, 0.25) is 5.91 Å². The molecule has 1 heterocycles. The molecular formula is C26H25ClN4O3S. The first-order chi connectivity index (χ1) is 17.0. The minimum absolute atomic E-state index is 0.150. The first kappa shape index (κ1) is 24.6. The molecule has 4 rings (SSSR count). The van der Waals surface area contributed by atoms with Crippen LogP contribution >= 0.6 is 23.4 Å². The highest BCUT2D eigenvalue weighted by Crippen LogP contribution is 2.32. The van der Waals surface area contributed by atoms with Crippen molar-refractivity contribution in [3.63, 3.8) is 0 Å². The van der Waals surface area contributed by atoms with Crippen LogP contribution in [0.15, 0.2) is 78.0 Å². The minimum Gasteiger partial charge on any atom is -0.493 e. The second kappa shape index (κ2) is 11.3. The number of hydrogen-bond donors (Lipinski definition) is 1. The molecule has 0 spiro atoms. The van der Waals surface area contributed by atoms with E-state index in [4.69, 9.17) is 21.1 Å². The smallest absolute Gasteiger partial charge is 0.234 e. The van der Waals surface area contributed by atoms with Crippen LogP contribution in [0.25, 0.3) is 5.69 Å². The van der Waals surface area contributed by atoms with E-state index in [9.17, 15) is 4.79 Å². The summed E-state index contributed by atoms with van der Waals surface area (Å²) in [6.45, 7) is 3.80. The van der Waals surface area contributed by atoms with Gasteiger partial charge in [-0.2, -0.15) is 0 Å². The van der Waals surface area contributed by atoms with Crippen LogP contribution < -0.4 is 14.8 Å². The number of nitrogens with zero attached hydrogens (tertiary/aromatic N) is 3. The maximum absolute atomic E-state index is 12.7. The number of carbonyl (C=O) groups is 1. The van der Waals surface area contributed by atoms with Crippen molar-refractivity contribution in [3.8, 4) is 17.2 Å². The summed E-state index contributed by atoms with van der Waals surface area (Å²) in [6.07, 6.45) is -0.432. The number of carbonyl (C=O) groups excluding carboxylic acids is 1. The van der Waals surface area contributed by atoms with E-state index in [1.165, 1.54) is 11.8 Å². The number of ether oxygens (including phenoxy) is 2. The highest BCUT2D eigenvalue weighted by atomic mass is 35.5. The zero-order chi connectivity index (χ0) is 24.8. The van der Waals surface area contributed by atoms with Crippen LogP contribution in [0.3, 0.4) is 0 Å². The Bertz CT molecular complexity index is 1310. The SMILES string of the molecule is COc1ccccc1OC(C)c1nnc(SCC(=O)Nc2ccc(Cl)cc2C)n1-c1ccccc1. The number of halogens is 1. The van der Waals surface area contributed by atoms with Gasteiger partial charge >= 0.3 is 0 Å². The first-order valence-corrected chi connectivity index (χ1v) is 12.3. The number of methoxy groups -OCH3 is 1. The molecular weight excluding hydrogens is 484 g/mol. The quantitative estimate of drug-likeness (QED) is 0.275. The second-order valence-electron chi connectivity index (χ2n) is 7.72. The van der Waals surface area contributed by atoms with Gasteiger partial charge in [0.05, 0.1) is 12.9 Å². The minimum atomic E-state index is -0.432. The van der Waals surface area contributed by atoms with Crippen molar-refractivity contribution in [3.05, 3.63) is 89.2 Å². The van der Waals surface area contributed by atoms with Crippen molar-refractivity contribution in [1.82, 2.24) is 14.8 Å². The Kier molecular flexibility index (Phi) is 7.94. The molecule has 0 fully saturated rings. The molecule has 35 heavy (non-hydrogen) atoms. The number of nitrogens with one attached hydrogen (secondary N) is 1. The van der Waals surface area contributed by atoms with Crippen LogP contribution in [0.5, 0.6) is 11.5 Å². The Balaban J connectivity index is 1.55. The zero-order valence-corrected chi connectivity index (χ0v) is 21.1. The van der Waals surface area contributed by atoms with Gasteiger partial charge in [-0.25, -0.2) is 0 Å². The van der Waals surface area contributed by atoms with Crippen molar-refractivity contribution in [1.29, 1.82) is 0 Å². The van der Waals surface area contributed by atoms with Gasteiger partial charge in [0.1, 0.15) is 0 Å². The number of benzene rings is 3. The standard InChI is InChI=1S/C26H25ClN4O3S/c1-17-15-19(27)13-14-21(17)28-24(32)16-35-26-30-29-25(31(26)20-9-5-4-6-10-20)18(2)34-23-12-8-7-11-22(23)33-3/h4-15,18H,16H2,1-3H3,(H,28,32). The molecule has 1 atom stereocenters. The number of hydrogen-bond acceptors (Lipinski definition) is 6. The molecule has 0 bridgehead atoms. The van der Waals surface area contributed by atoms with Crippen molar-refractivity contribution in [2.45, 2.75) is 25.1 Å². The number of amides is 1. The van der Waals surface area contributed by atoms with Gasteiger partial charge in [-0.3, -0.25) is 9.36 Å². The molecule has 0 aliphatic heterocycles. The van der Waals surface area contributed by atoms with Crippen molar-refractivity contribution >= 4 is 35.0 Å². The predicted molar refractivity (Wildman–Crippen MR) is 139 cm³/mol. The lowest BCUT2D eigenvalue weighted by atomic mass is 10.2. The topological polar surface area (TPSA) is 78.3 Å². The van der Waals surface area contributed by atoms with Crippen LogP contribution in [-0.4, -0.2) is 33.5 Å². The van der Waals surface area contributed by atoms with Crippen molar-refractivity contribution in [2.24, 2.45) is 0 Å². The van der Waals surface area contributed by atoms with Crippen molar-refractivity contribution < 1.29 is 14.3 Å². The van der Waals surface area contributed by atoms with Gasteiger partial charge in [-0.1, -0.05) is 53.7 Å². The predicted octanol–water partition coefficient (Wildman–Crippen LogP) is 6.11. The van der Waals surface area contributed by atoms with Crippen LogP contribution in [-0.2, 0) is 4.79 Å². The Labute approximate surface area is 213 Å². The molecule has 1 aromatic heterocycles. The van der Waals surface area contributed by atoms with E-state index in [1.807, 2.05) is 79.1 Å². The van der Waals surface area contributed by atoms with E-state index in [0.29, 0.717) is 27.5 Å². The van der Waals surface area contributed by atoms with E-state index < -0.39 is 6.10 Å². The molecule has 9 heteroatoms. The molecule has 180 valence electrons. The lowest BCUT2D eigenvalue weighted by molar-refractivity contribution is -0.113. The lowest BCUT2D eigenvalue weighted by Crippen LogP contribution is -2.16. The molecule has 0 aliphatic rings. The number of thioether (sulfide) groups is 1. The molecule has 0 radical (unpaired) electrons. The molecule has 7 nitrogen and oxygen atoms in total. The fourth-order valence-electron chi connectivity index (χ4n) is 3.50. The molecule has 0 saturated heterocycles. The summed E-state index contributed by atoms with van der Waals surface area (Å²) in [5, 5.41) is 12.9. The fourth-order valence-corrected chi connectivity index (χ4v) is 4.49. The summed E-state index contributed by atoms with van der Waals surface area (Å²) < 4.78 is 13.5. The highest BCUT2D eigenvalue weighted by Gasteiger charge is 2.22. The third kappa shape index (κ3) is 5.96. The molecule has 1 N–H and O–H groups in total. The Hall–Kier alpha value is -3.49. The number of para-hydroxylation sites is 3. The Morgan fingerprint density at radius 3 is 2.49 bits per heavy atom. The maximum atomic E-state index is 12.7. The van der Waals surface area contributed by atoms with Gasteiger partial charge in [-0.05, 0) is 61.9 Å². The van der Waals surface area contributed by atoms with Gasteiger partial charge in [0.25, 0.3) is 0 Å². The average molecular weight is 509 g/mol. The third-order valence-electron chi connectivity index (χ3n) is 5.20. The molecule has 1 unspecified atom stereocenters. The molecule has 0 aliphatic carbocycles. The molecule has 1 amide bonds. The first-order valence-electron chi connectivity index (χ1n) is 11.0. The van der Waals surface area contributed by atoms with Gasteiger partial charge in [-0.15, -0.1) is 10.2 Å². The van der Waals surface area contributed by atoms with Gasteiger partial charge in [0.15, 0.2) is 28.6 Å². The van der Waals surface area contributed by atoms with E-state index in [0.717, 1.165) is 16.9 Å². The summed E-state index contributed by atoms with van der Waals surface area (Å²) >= 11 is 7.32. The van der Waals surface area contributed by atoms with Crippen LogP contribution in [0.1, 0.15) is 24.4 Å². The molecule has 3 aromatic carbocycles. The normalized spacial score (nSPS) is 11.7. The average Bonchev–Trinajstić information content (AvgIpc) is 3.29. The van der Waals surface area contributed by atoms with Gasteiger partial charge in [0, 0.05) is 16.4 Å².